The lowest BCUT2D eigenvalue weighted by Crippen LogP contribution is -2.47. The summed E-state index contributed by atoms with van der Waals surface area (Å²) in [5.74, 6) is 0.0189. The Balaban J connectivity index is 1.52. The SMILES string of the molecule is O=C(/C=C/c1ccc(Cl)cc1Cl)N1CCN(Cc2ccccc2)CC1. The summed E-state index contributed by atoms with van der Waals surface area (Å²) < 4.78 is 0. The monoisotopic (exact) mass is 374 g/mol. The summed E-state index contributed by atoms with van der Waals surface area (Å²) >= 11 is 12.0. The third-order valence-corrected chi connectivity index (χ3v) is 4.86. The van der Waals surface area contributed by atoms with Gasteiger partial charge in [0.15, 0.2) is 0 Å². The molecule has 0 aliphatic carbocycles. The summed E-state index contributed by atoms with van der Waals surface area (Å²) in [5, 5.41) is 1.13. The van der Waals surface area contributed by atoms with E-state index in [0.717, 1.165) is 38.3 Å². The number of halogens is 2. The smallest absolute Gasteiger partial charge is 0.246 e. The molecule has 2 aromatic rings. The second-order valence-electron chi connectivity index (χ2n) is 6.09. The average molecular weight is 375 g/mol. The second kappa shape index (κ2) is 8.52. The van der Waals surface area contributed by atoms with Crippen LogP contribution in [0.1, 0.15) is 11.1 Å². The summed E-state index contributed by atoms with van der Waals surface area (Å²) in [4.78, 5) is 16.6. The van der Waals surface area contributed by atoms with Crippen LogP contribution in [0.2, 0.25) is 10.0 Å². The lowest BCUT2D eigenvalue weighted by Gasteiger charge is -2.34. The van der Waals surface area contributed by atoms with Crippen LogP contribution in [0.25, 0.3) is 6.08 Å². The maximum absolute atomic E-state index is 12.4. The maximum Gasteiger partial charge on any atom is 0.246 e. The number of hydrogen-bond donors (Lipinski definition) is 0. The first-order valence-corrected chi connectivity index (χ1v) is 9.06. The Morgan fingerprint density at radius 2 is 1.72 bits per heavy atom. The number of hydrogen-bond acceptors (Lipinski definition) is 2. The summed E-state index contributed by atoms with van der Waals surface area (Å²) in [6.07, 6.45) is 3.33. The number of nitrogens with zero attached hydrogens (tertiary/aromatic N) is 2. The van der Waals surface area contributed by atoms with Crippen LogP contribution in [0.4, 0.5) is 0 Å². The summed E-state index contributed by atoms with van der Waals surface area (Å²) in [5.41, 5.74) is 2.10. The van der Waals surface area contributed by atoms with Crippen molar-refractivity contribution in [3.05, 3.63) is 75.8 Å². The quantitative estimate of drug-likeness (QED) is 0.742. The van der Waals surface area contributed by atoms with Crippen LogP contribution >= 0.6 is 23.2 Å². The first kappa shape index (κ1) is 18.0. The fourth-order valence-corrected chi connectivity index (χ4v) is 3.34. The van der Waals surface area contributed by atoms with Gasteiger partial charge in [0.05, 0.1) is 0 Å². The van der Waals surface area contributed by atoms with Crippen molar-refractivity contribution in [2.75, 3.05) is 26.2 Å². The Morgan fingerprint density at radius 1 is 1.00 bits per heavy atom. The number of amides is 1. The van der Waals surface area contributed by atoms with E-state index in [4.69, 9.17) is 23.2 Å². The van der Waals surface area contributed by atoms with Gasteiger partial charge in [-0.2, -0.15) is 0 Å². The van der Waals surface area contributed by atoms with E-state index in [-0.39, 0.29) is 5.91 Å². The van der Waals surface area contributed by atoms with Crippen LogP contribution in [0.15, 0.2) is 54.6 Å². The molecule has 0 radical (unpaired) electrons. The normalized spacial score (nSPS) is 15.7. The molecule has 0 aromatic heterocycles. The molecule has 5 heteroatoms. The molecule has 0 atom stereocenters. The Bertz CT molecular complexity index is 754. The van der Waals surface area contributed by atoms with Gasteiger partial charge in [-0.15, -0.1) is 0 Å². The minimum absolute atomic E-state index is 0.0189. The minimum Gasteiger partial charge on any atom is -0.337 e. The van der Waals surface area contributed by atoms with E-state index in [9.17, 15) is 4.79 Å². The molecule has 0 unspecified atom stereocenters. The zero-order valence-electron chi connectivity index (χ0n) is 13.9. The van der Waals surface area contributed by atoms with Gasteiger partial charge in [-0.25, -0.2) is 0 Å². The Hall–Kier alpha value is -1.81. The molecule has 130 valence electrons. The molecule has 1 fully saturated rings. The highest BCUT2D eigenvalue weighted by Crippen LogP contribution is 2.22. The van der Waals surface area contributed by atoms with Crippen LogP contribution in [0.5, 0.6) is 0 Å². The molecule has 0 saturated carbocycles. The van der Waals surface area contributed by atoms with Crippen LogP contribution in [0.3, 0.4) is 0 Å². The molecule has 25 heavy (non-hydrogen) atoms. The predicted molar refractivity (Wildman–Crippen MR) is 104 cm³/mol. The molecule has 2 aromatic carbocycles. The van der Waals surface area contributed by atoms with E-state index < -0.39 is 0 Å². The van der Waals surface area contributed by atoms with Crippen molar-refractivity contribution < 1.29 is 4.79 Å². The van der Waals surface area contributed by atoms with Crippen LogP contribution in [-0.4, -0.2) is 41.9 Å². The van der Waals surface area contributed by atoms with Crippen LogP contribution in [0, 0.1) is 0 Å². The molecule has 0 bridgehead atoms. The van der Waals surface area contributed by atoms with Gasteiger partial charge in [-0.1, -0.05) is 59.6 Å². The molecule has 1 amide bonds. The van der Waals surface area contributed by atoms with Crippen molar-refractivity contribution in [3.8, 4) is 0 Å². The Labute approximate surface area is 158 Å². The number of rotatable bonds is 4. The molecule has 1 aliphatic rings. The summed E-state index contributed by atoms with van der Waals surface area (Å²) in [6, 6.07) is 15.7. The van der Waals surface area contributed by atoms with Gasteiger partial charge in [0.2, 0.25) is 5.91 Å². The second-order valence-corrected chi connectivity index (χ2v) is 6.93. The molecular weight excluding hydrogens is 355 g/mol. The summed E-state index contributed by atoms with van der Waals surface area (Å²) in [7, 11) is 0. The highest BCUT2D eigenvalue weighted by Gasteiger charge is 2.19. The van der Waals surface area contributed by atoms with Crippen molar-refractivity contribution >= 4 is 35.2 Å². The topological polar surface area (TPSA) is 23.6 Å². The predicted octanol–water partition coefficient (Wildman–Crippen LogP) is 4.35. The van der Waals surface area contributed by atoms with Gasteiger partial charge in [0.25, 0.3) is 0 Å². The minimum atomic E-state index is 0.0189. The lowest BCUT2D eigenvalue weighted by atomic mass is 10.2. The van der Waals surface area contributed by atoms with Crippen LogP contribution in [-0.2, 0) is 11.3 Å². The van der Waals surface area contributed by atoms with E-state index in [2.05, 4.69) is 29.2 Å². The number of carbonyl (C=O) groups is 1. The zero-order chi connectivity index (χ0) is 17.6. The van der Waals surface area contributed by atoms with Crippen molar-refractivity contribution in [1.82, 2.24) is 9.80 Å². The van der Waals surface area contributed by atoms with Crippen molar-refractivity contribution in [2.45, 2.75) is 6.54 Å². The van der Waals surface area contributed by atoms with Crippen molar-refractivity contribution in [1.29, 1.82) is 0 Å². The van der Waals surface area contributed by atoms with E-state index in [1.165, 1.54) is 5.56 Å². The van der Waals surface area contributed by atoms with Gasteiger partial charge in [0, 0.05) is 48.8 Å². The molecule has 3 nitrogen and oxygen atoms in total. The zero-order valence-corrected chi connectivity index (χ0v) is 15.4. The third-order valence-electron chi connectivity index (χ3n) is 4.30. The first-order chi connectivity index (χ1) is 12.1. The van der Waals surface area contributed by atoms with Crippen molar-refractivity contribution in [3.63, 3.8) is 0 Å². The molecule has 1 heterocycles. The molecule has 1 aliphatic heterocycles. The Kier molecular flexibility index (Phi) is 6.14. The van der Waals surface area contributed by atoms with Gasteiger partial charge in [-0.05, 0) is 29.3 Å². The van der Waals surface area contributed by atoms with Gasteiger partial charge >= 0.3 is 0 Å². The standard InChI is InChI=1S/C20H20Cl2N2O/c21-18-8-6-17(19(22)14-18)7-9-20(25)24-12-10-23(11-13-24)15-16-4-2-1-3-5-16/h1-9,14H,10-13,15H2/b9-7+. The average Bonchev–Trinajstić information content (AvgIpc) is 2.62. The van der Waals surface area contributed by atoms with E-state index in [0.29, 0.717) is 10.0 Å². The number of piperazine rings is 1. The molecule has 0 N–H and O–H groups in total. The third kappa shape index (κ3) is 5.08. The maximum atomic E-state index is 12.4. The van der Waals surface area contributed by atoms with Crippen LogP contribution < -0.4 is 0 Å². The lowest BCUT2D eigenvalue weighted by molar-refractivity contribution is -0.127. The first-order valence-electron chi connectivity index (χ1n) is 8.30. The molecule has 1 saturated heterocycles. The molecule has 0 spiro atoms. The largest absolute Gasteiger partial charge is 0.337 e. The number of benzene rings is 2. The summed E-state index contributed by atoms with van der Waals surface area (Å²) in [6.45, 7) is 4.18. The molecular formula is C20H20Cl2N2O. The van der Waals surface area contributed by atoms with Gasteiger partial charge in [-0.3, -0.25) is 9.69 Å². The Morgan fingerprint density at radius 3 is 2.40 bits per heavy atom. The highest BCUT2D eigenvalue weighted by atomic mass is 35.5. The fourth-order valence-electron chi connectivity index (χ4n) is 2.87. The highest BCUT2D eigenvalue weighted by molar-refractivity contribution is 6.35. The van der Waals surface area contributed by atoms with E-state index >= 15 is 0 Å². The van der Waals surface area contributed by atoms with E-state index in [1.807, 2.05) is 17.0 Å². The number of carbonyl (C=O) groups excluding carboxylic acids is 1. The van der Waals surface area contributed by atoms with Gasteiger partial charge < -0.3 is 4.90 Å². The van der Waals surface area contributed by atoms with E-state index in [1.54, 1.807) is 24.3 Å². The fraction of sp³-hybridized carbons (Fsp3) is 0.250. The van der Waals surface area contributed by atoms with Gasteiger partial charge in [0.1, 0.15) is 0 Å². The molecule has 3 rings (SSSR count). The van der Waals surface area contributed by atoms with Crippen molar-refractivity contribution in [2.24, 2.45) is 0 Å².